The Labute approximate surface area is 339 Å². The zero-order valence-electron chi connectivity index (χ0n) is 33.6. The summed E-state index contributed by atoms with van der Waals surface area (Å²) in [6.07, 6.45) is 9.11. The molecule has 1 N–H and O–H groups in total. The molecule has 8 rings (SSSR count). The number of aromatic nitrogens is 2. The van der Waals surface area contributed by atoms with Crippen LogP contribution in [0.2, 0.25) is 0 Å². The van der Waals surface area contributed by atoms with Crippen molar-refractivity contribution in [1.29, 1.82) is 0 Å². The predicted molar refractivity (Wildman–Crippen MR) is 212 cm³/mol. The number of methoxy groups -OCH3 is 1. The lowest BCUT2D eigenvalue weighted by Gasteiger charge is -2.41. The topological polar surface area (TPSA) is 127 Å². The number of rotatable bonds is 9. The van der Waals surface area contributed by atoms with Crippen molar-refractivity contribution in [2.75, 3.05) is 52.0 Å². The van der Waals surface area contributed by atoms with Crippen molar-refractivity contribution < 1.29 is 51.2 Å². The normalized spacial score (nSPS) is 19.9. The summed E-state index contributed by atoms with van der Waals surface area (Å²) in [5, 5.41) is 10.9. The van der Waals surface area contributed by atoms with Gasteiger partial charge in [0, 0.05) is 31.0 Å². The second-order valence-electron chi connectivity index (χ2n) is 15.7. The van der Waals surface area contributed by atoms with Gasteiger partial charge in [-0.15, -0.1) is 6.42 Å². The van der Waals surface area contributed by atoms with Crippen LogP contribution in [-0.4, -0.2) is 108 Å². The number of ether oxygens (including phenoxy) is 4. The van der Waals surface area contributed by atoms with E-state index in [-0.39, 0.29) is 93.4 Å². The molecular weight excluding hydrogens is 774 g/mol. The third-order valence-corrected chi connectivity index (χ3v) is 11.9. The van der Waals surface area contributed by atoms with Crippen LogP contribution in [0.4, 0.5) is 28.2 Å². The van der Waals surface area contributed by atoms with Gasteiger partial charge in [0.05, 0.1) is 54.3 Å². The summed E-state index contributed by atoms with van der Waals surface area (Å²) in [4.78, 5) is 40.8. The molecule has 1 amide bonds. The maximum absolute atomic E-state index is 17.4. The average Bonchev–Trinajstić information content (AvgIpc) is 3.88. The van der Waals surface area contributed by atoms with Crippen molar-refractivity contribution in [3.05, 3.63) is 47.3 Å². The molecule has 2 bridgehead atoms. The van der Waals surface area contributed by atoms with Crippen molar-refractivity contribution in [1.82, 2.24) is 19.8 Å². The first-order valence-electron chi connectivity index (χ1n) is 19.7. The van der Waals surface area contributed by atoms with Crippen LogP contribution in [0.25, 0.3) is 32.8 Å². The van der Waals surface area contributed by atoms with E-state index < -0.39 is 47.3 Å². The lowest BCUT2D eigenvalue weighted by atomic mass is 9.92. The standard InChI is InChI=1S/C42H44F3N5O7.CH3F/c1-6-28-30(43)12-9-24-17-27(51)18-29(31(24)28)32-34(44)36-33(37(54-5)35(32)45)38(47-40(46-36)55-21-42-13-7-15-49(42)16-8-14-42)48-19-25-10-11-26(20-48)50(25)41(53)57-23(4)56-39(52)22(2)3;1-2/h1,9,12,17-18,22-23,25-26,51H,7-8,10-11,13-16,19-21H2,2-5H3;1H3. The van der Waals surface area contributed by atoms with Gasteiger partial charge in [-0.2, -0.15) is 9.97 Å². The average molecular weight is 822 g/mol. The summed E-state index contributed by atoms with van der Waals surface area (Å²) in [6.45, 7) is 7.43. The van der Waals surface area contributed by atoms with Gasteiger partial charge in [0.1, 0.15) is 29.5 Å². The van der Waals surface area contributed by atoms with E-state index in [4.69, 9.17) is 30.4 Å². The van der Waals surface area contributed by atoms with E-state index in [1.807, 2.05) is 4.90 Å². The van der Waals surface area contributed by atoms with Crippen LogP contribution in [0.1, 0.15) is 64.9 Å². The molecule has 4 fully saturated rings. The number of hydrogen-bond acceptors (Lipinski definition) is 11. The molecule has 0 aliphatic carbocycles. The maximum Gasteiger partial charge on any atom is 0.413 e. The highest BCUT2D eigenvalue weighted by molar-refractivity contribution is 6.06. The van der Waals surface area contributed by atoms with Crippen LogP contribution in [0.3, 0.4) is 0 Å². The Morgan fingerprint density at radius 1 is 0.983 bits per heavy atom. The first-order chi connectivity index (χ1) is 28.3. The number of alkyl halides is 1. The van der Waals surface area contributed by atoms with Crippen molar-refractivity contribution in [3.8, 4) is 41.0 Å². The molecule has 0 radical (unpaired) electrons. The number of phenolic OH excluding ortho intramolecular Hbond substituents is 1. The quantitative estimate of drug-likeness (QED) is 0.0782. The summed E-state index contributed by atoms with van der Waals surface area (Å²) >= 11 is 0. The minimum absolute atomic E-state index is 0.0230. The number of esters is 1. The van der Waals surface area contributed by atoms with Crippen LogP contribution in [0.15, 0.2) is 24.3 Å². The fourth-order valence-corrected chi connectivity index (χ4v) is 9.28. The monoisotopic (exact) mass is 821 g/mol. The van der Waals surface area contributed by atoms with Crippen LogP contribution in [-0.2, 0) is 14.3 Å². The van der Waals surface area contributed by atoms with Gasteiger partial charge < -0.3 is 29.0 Å². The highest BCUT2D eigenvalue weighted by Gasteiger charge is 2.47. The third kappa shape index (κ3) is 7.38. The summed E-state index contributed by atoms with van der Waals surface area (Å²) < 4.78 is 81.9. The summed E-state index contributed by atoms with van der Waals surface area (Å²) in [5.74, 6) is -2.20. The first kappa shape index (κ1) is 41.6. The number of piperazine rings is 1. The molecule has 5 heterocycles. The second kappa shape index (κ2) is 16.6. The summed E-state index contributed by atoms with van der Waals surface area (Å²) in [7, 11) is 1.74. The van der Waals surface area contributed by atoms with Gasteiger partial charge in [0.25, 0.3) is 0 Å². The van der Waals surface area contributed by atoms with E-state index >= 15 is 13.2 Å². The Hall–Kier alpha value is -5.56. The molecule has 314 valence electrons. The number of anilines is 1. The number of benzene rings is 3. The number of hydrogen-bond donors (Lipinski definition) is 1. The number of fused-ring (bicyclic) bond motifs is 5. The number of carbonyl (C=O) groups excluding carboxylic acids is 2. The van der Waals surface area contributed by atoms with Gasteiger partial charge in [0.15, 0.2) is 17.4 Å². The highest BCUT2D eigenvalue weighted by atomic mass is 19.1. The summed E-state index contributed by atoms with van der Waals surface area (Å²) in [6, 6.07) is 4.07. The van der Waals surface area contributed by atoms with E-state index in [2.05, 4.69) is 15.8 Å². The van der Waals surface area contributed by atoms with Gasteiger partial charge in [-0.1, -0.05) is 25.8 Å². The second-order valence-corrected chi connectivity index (χ2v) is 15.7. The largest absolute Gasteiger partial charge is 0.508 e. The van der Waals surface area contributed by atoms with Crippen LogP contribution < -0.4 is 14.4 Å². The number of amides is 1. The minimum Gasteiger partial charge on any atom is -0.508 e. The fraction of sp³-hybridized carbons (Fsp3) is 0.488. The molecule has 0 saturated carbocycles. The van der Waals surface area contributed by atoms with Crippen molar-refractivity contribution in [2.45, 2.75) is 83.2 Å². The lowest BCUT2D eigenvalue weighted by Crippen LogP contribution is -2.56. The molecule has 4 aromatic rings. The Bertz CT molecular complexity index is 2310. The van der Waals surface area contributed by atoms with E-state index in [1.54, 1.807) is 18.7 Å². The molecule has 0 spiro atoms. The Balaban J connectivity index is 0.00000260. The van der Waals surface area contributed by atoms with Crippen molar-refractivity contribution in [2.24, 2.45) is 5.92 Å². The molecular formula is C43H47F4N5O7. The molecule has 4 aliphatic rings. The third-order valence-electron chi connectivity index (χ3n) is 11.9. The molecule has 59 heavy (non-hydrogen) atoms. The molecule has 1 aromatic heterocycles. The molecule has 16 heteroatoms. The molecule has 3 aromatic carbocycles. The first-order valence-corrected chi connectivity index (χ1v) is 19.7. The zero-order chi connectivity index (χ0) is 42.3. The van der Waals surface area contributed by atoms with Crippen LogP contribution >= 0.6 is 0 Å². The van der Waals surface area contributed by atoms with Gasteiger partial charge in [-0.25, -0.2) is 18.0 Å². The minimum atomic E-state index is -1.14. The Kier molecular flexibility index (Phi) is 11.7. The summed E-state index contributed by atoms with van der Waals surface area (Å²) in [5.41, 5.74) is -1.58. The smallest absolute Gasteiger partial charge is 0.413 e. The zero-order valence-corrected chi connectivity index (χ0v) is 33.6. The number of carbonyl (C=O) groups is 2. The van der Waals surface area contributed by atoms with Gasteiger partial charge in [-0.3, -0.25) is 19.0 Å². The fourth-order valence-electron chi connectivity index (χ4n) is 9.28. The predicted octanol–water partition coefficient (Wildman–Crippen LogP) is 7.49. The number of aromatic hydroxyl groups is 1. The number of halogens is 4. The highest BCUT2D eigenvalue weighted by Crippen LogP contribution is 2.47. The Morgan fingerprint density at radius 2 is 1.66 bits per heavy atom. The molecule has 3 atom stereocenters. The Morgan fingerprint density at radius 3 is 2.29 bits per heavy atom. The SMILES string of the molecule is C#Cc1c(F)ccc2cc(O)cc(-c3c(F)c(OC)c4c(N5CC6CCC(C5)N6C(=O)OC(C)OC(=O)C(C)C)nc(OCC56CCCN5CCC6)nc4c3F)c12.CF. The van der Waals surface area contributed by atoms with E-state index in [0.29, 0.717) is 20.0 Å². The van der Waals surface area contributed by atoms with E-state index in [9.17, 15) is 19.1 Å². The molecule has 4 aliphatic heterocycles. The molecule has 3 unspecified atom stereocenters. The molecule has 4 saturated heterocycles. The lowest BCUT2D eigenvalue weighted by molar-refractivity contribution is -0.170. The van der Waals surface area contributed by atoms with Crippen molar-refractivity contribution in [3.63, 3.8) is 0 Å². The van der Waals surface area contributed by atoms with Gasteiger partial charge in [0.2, 0.25) is 6.29 Å². The molecule has 12 nitrogen and oxygen atoms in total. The number of terminal acetylenes is 1. The van der Waals surface area contributed by atoms with Crippen LogP contribution in [0, 0.1) is 35.7 Å². The van der Waals surface area contributed by atoms with Crippen molar-refractivity contribution >= 4 is 39.6 Å². The van der Waals surface area contributed by atoms with Crippen LogP contribution in [0.5, 0.6) is 17.5 Å². The number of nitrogens with zero attached hydrogens (tertiary/aromatic N) is 5. The number of phenols is 1. The van der Waals surface area contributed by atoms with Gasteiger partial charge >= 0.3 is 18.1 Å². The van der Waals surface area contributed by atoms with E-state index in [0.717, 1.165) is 50.9 Å². The van der Waals surface area contributed by atoms with Gasteiger partial charge in [-0.05, 0) is 75.2 Å². The van der Waals surface area contributed by atoms with E-state index in [1.165, 1.54) is 26.2 Å². The maximum atomic E-state index is 17.4.